The molecule has 0 aromatic rings. The van der Waals surface area contributed by atoms with Crippen molar-refractivity contribution in [3.63, 3.8) is 0 Å². The molecule has 0 spiro atoms. The predicted molar refractivity (Wildman–Crippen MR) is 48.8 cm³/mol. The third-order valence-corrected chi connectivity index (χ3v) is 3.56. The summed E-state index contributed by atoms with van der Waals surface area (Å²) in [6.07, 6.45) is 1.36. The first kappa shape index (κ1) is 12.1. The number of rotatable bonds is 4. The van der Waals surface area contributed by atoms with Crippen molar-refractivity contribution in [1.82, 2.24) is 0 Å². The molecule has 0 heterocycles. The van der Waals surface area contributed by atoms with Gasteiger partial charge in [0.1, 0.15) is 0 Å². The van der Waals surface area contributed by atoms with Crippen LogP contribution < -0.4 is 0 Å². The molecule has 0 radical (unpaired) electrons. The molecule has 5 heteroatoms. The second-order valence-corrected chi connectivity index (χ2v) is 5.75. The molecular formula is C7H19NO3P+. The van der Waals surface area contributed by atoms with E-state index in [0.717, 1.165) is 6.42 Å². The van der Waals surface area contributed by atoms with Crippen LogP contribution in [0, 0.1) is 0 Å². The summed E-state index contributed by atoms with van der Waals surface area (Å²) in [5.41, 5.74) is 0. The SMILES string of the molecule is CCC[C@H]([N+](C)(C)C)P(=O)(O)O. The van der Waals surface area contributed by atoms with E-state index in [1.807, 2.05) is 6.92 Å². The average molecular weight is 196 g/mol. The Kier molecular flexibility index (Phi) is 3.91. The number of hydrogen-bond donors (Lipinski definition) is 2. The summed E-state index contributed by atoms with van der Waals surface area (Å²) in [6.45, 7) is 1.93. The highest BCUT2D eigenvalue weighted by Crippen LogP contribution is 2.46. The molecule has 74 valence electrons. The average Bonchev–Trinajstić information content (AvgIpc) is 1.77. The summed E-state index contributed by atoms with van der Waals surface area (Å²) in [5.74, 6) is -0.567. The van der Waals surface area contributed by atoms with E-state index in [0.29, 0.717) is 10.9 Å². The van der Waals surface area contributed by atoms with E-state index in [-0.39, 0.29) is 0 Å². The van der Waals surface area contributed by atoms with Crippen molar-refractivity contribution in [3.05, 3.63) is 0 Å². The zero-order valence-corrected chi connectivity index (χ0v) is 9.08. The number of hydrogen-bond acceptors (Lipinski definition) is 1. The predicted octanol–water partition coefficient (Wildman–Crippen LogP) is 0.996. The minimum Gasteiger partial charge on any atom is -0.320 e. The van der Waals surface area contributed by atoms with Gasteiger partial charge in [0.2, 0.25) is 0 Å². The van der Waals surface area contributed by atoms with Crippen LogP contribution in [-0.2, 0) is 4.57 Å². The van der Waals surface area contributed by atoms with Crippen LogP contribution in [0.2, 0.25) is 0 Å². The van der Waals surface area contributed by atoms with Gasteiger partial charge in [-0.3, -0.25) is 4.57 Å². The maximum absolute atomic E-state index is 11.0. The Bertz CT molecular complexity index is 182. The lowest BCUT2D eigenvalue weighted by molar-refractivity contribution is -0.883. The van der Waals surface area contributed by atoms with Crippen LogP contribution in [0.15, 0.2) is 0 Å². The lowest BCUT2D eigenvalue weighted by Crippen LogP contribution is -2.44. The highest BCUT2D eigenvalue weighted by Gasteiger charge is 2.38. The van der Waals surface area contributed by atoms with Gasteiger partial charge in [0.05, 0.1) is 21.1 Å². The van der Waals surface area contributed by atoms with Gasteiger partial charge >= 0.3 is 7.60 Å². The van der Waals surface area contributed by atoms with Crippen molar-refractivity contribution in [2.24, 2.45) is 0 Å². The van der Waals surface area contributed by atoms with Gasteiger partial charge in [0.25, 0.3) is 0 Å². The van der Waals surface area contributed by atoms with Crippen molar-refractivity contribution >= 4 is 7.60 Å². The molecule has 0 saturated carbocycles. The third kappa shape index (κ3) is 3.68. The van der Waals surface area contributed by atoms with Crippen LogP contribution in [0.4, 0.5) is 0 Å². The molecule has 2 N–H and O–H groups in total. The largest absolute Gasteiger partial charge is 0.382 e. The molecule has 0 unspecified atom stereocenters. The summed E-state index contributed by atoms with van der Waals surface area (Å²) < 4.78 is 11.4. The lowest BCUT2D eigenvalue weighted by Gasteiger charge is -2.33. The van der Waals surface area contributed by atoms with Gasteiger partial charge in [-0.2, -0.15) is 0 Å². The van der Waals surface area contributed by atoms with Gasteiger partial charge < -0.3 is 14.3 Å². The first-order chi connectivity index (χ1) is 5.19. The molecule has 0 rings (SSSR count). The maximum Gasteiger partial charge on any atom is 0.382 e. The molecule has 0 aromatic carbocycles. The first-order valence-electron chi connectivity index (χ1n) is 4.06. The van der Waals surface area contributed by atoms with Gasteiger partial charge in [0.15, 0.2) is 5.78 Å². The Labute approximate surface area is 74.0 Å². The second kappa shape index (κ2) is 3.88. The molecule has 0 bridgehead atoms. The Morgan fingerprint density at radius 2 is 1.75 bits per heavy atom. The van der Waals surface area contributed by atoms with Crippen molar-refractivity contribution in [2.45, 2.75) is 25.5 Å². The van der Waals surface area contributed by atoms with Gasteiger partial charge in [-0.1, -0.05) is 6.92 Å². The standard InChI is InChI=1S/C7H18NO3P/c1-5-6-7(8(2,3)4)12(9,10)11/h7H,5-6H2,1-4H3,(H-,9,10,11)/p+1/t7-/m1/s1. The minimum absolute atomic E-state index is 0.318. The highest BCUT2D eigenvalue weighted by atomic mass is 31.2. The van der Waals surface area contributed by atoms with E-state index in [1.165, 1.54) is 0 Å². The minimum atomic E-state index is -3.94. The molecule has 1 atom stereocenters. The van der Waals surface area contributed by atoms with Gasteiger partial charge in [-0.25, -0.2) is 0 Å². The zero-order chi connectivity index (χ0) is 9.99. The van der Waals surface area contributed by atoms with E-state index >= 15 is 0 Å². The fourth-order valence-electron chi connectivity index (χ4n) is 1.26. The van der Waals surface area contributed by atoms with Crippen molar-refractivity contribution < 1.29 is 18.8 Å². The fraction of sp³-hybridized carbons (Fsp3) is 1.00. The molecule has 0 fully saturated rings. The number of nitrogens with zero attached hydrogens (tertiary/aromatic N) is 1. The summed E-state index contributed by atoms with van der Waals surface area (Å²) in [6, 6.07) is 0. The third-order valence-electron chi connectivity index (χ3n) is 1.83. The molecule has 0 aromatic heterocycles. The normalized spacial score (nSPS) is 16.2. The molecule has 0 aliphatic heterocycles. The topological polar surface area (TPSA) is 57.5 Å². The summed E-state index contributed by atoms with van der Waals surface area (Å²) in [7, 11) is 1.47. The quantitative estimate of drug-likeness (QED) is 0.521. The second-order valence-electron chi connectivity index (χ2n) is 3.97. The Morgan fingerprint density at radius 3 is 1.83 bits per heavy atom. The molecule has 0 amide bonds. The molecule has 0 aliphatic carbocycles. The fourth-order valence-corrected chi connectivity index (χ4v) is 2.76. The zero-order valence-electron chi connectivity index (χ0n) is 8.19. The van der Waals surface area contributed by atoms with Crippen molar-refractivity contribution in [2.75, 3.05) is 21.1 Å². The van der Waals surface area contributed by atoms with Gasteiger partial charge in [0, 0.05) is 6.42 Å². The summed E-state index contributed by atoms with van der Waals surface area (Å²) in [5, 5.41) is 0. The molecular weight excluding hydrogens is 177 g/mol. The van der Waals surface area contributed by atoms with E-state index in [2.05, 4.69) is 0 Å². The Hall–Kier alpha value is 0.110. The van der Waals surface area contributed by atoms with Gasteiger partial charge in [-0.05, 0) is 6.42 Å². The first-order valence-corrected chi connectivity index (χ1v) is 5.74. The van der Waals surface area contributed by atoms with Crippen LogP contribution in [0.3, 0.4) is 0 Å². The Balaban J connectivity index is 4.57. The summed E-state index contributed by atoms with van der Waals surface area (Å²) >= 11 is 0. The summed E-state index contributed by atoms with van der Waals surface area (Å²) in [4.78, 5) is 18.1. The van der Waals surface area contributed by atoms with Crippen LogP contribution in [0.5, 0.6) is 0 Å². The smallest absolute Gasteiger partial charge is 0.320 e. The molecule has 0 aliphatic rings. The maximum atomic E-state index is 11.0. The van der Waals surface area contributed by atoms with Crippen LogP contribution in [-0.4, -0.2) is 41.2 Å². The van der Waals surface area contributed by atoms with E-state index in [4.69, 9.17) is 9.79 Å². The molecule has 4 nitrogen and oxygen atoms in total. The van der Waals surface area contributed by atoms with Crippen molar-refractivity contribution in [3.8, 4) is 0 Å². The van der Waals surface area contributed by atoms with Crippen LogP contribution >= 0.6 is 7.60 Å². The Morgan fingerprint density at radius 1 is 1.33 bits per heavy atom. The van der Waals surface area contributed by atoms with E-state index in [1.54, 1.807) is 21.1 Å². The van der Waals surface area contributed by atoms with Crippen LogP contribution in [0.25, 0.3) is 0 Å². The number of quaternary nitrogens is 1. The van der Waals surface area contributed by atoms with Gasteiger partial charge in [-0.15, -0.1) is 0 Å². The highest BCUT2D eigenvalue weighted by molar-refractivity contribution is 7.52. The van der Waals surface area contributed by atoms with Crippen molar-refractivity contribution in [1.29, 1.82) is 0 Å². The van der Waals surface area contributed by atoms with Crippen LogP contribution in [0.1, 0.15) is 19.8 Å². The monoisotopic (exact) mass is 196 g/mol. The lowest BCUT2D eigenvalue weighted by atomic mass is 10.3. The van der Waals surface area contributed by atoms with E-state index < -0.39 is 13.4 Å². The van der Waals surface area contributed by atoms with E-state index in [9.17, 15) is 4.57 Å². The molecule has 0 saturated heterocycles. The molecule has 12 heavy (non-hydrogen) atoms.